The van der Waals surface area contributed by atoms with Gasteiger partial charge >= 0.3 is 0 Å². The van der Waals surface area contributed by atoms with Gasteiger partial charge in [-0.15, -0.1) is 0 Å². The van der Waals surface area contributed by atoms with Gasteiger partial charge in [0.25, 0.3) is 23.6 Å². The van der Waals surface area contributed by atoms with E-state index >= 15 is 0 Å². The molecular weight excluding hydrogens is 604 g/mol. The lowest BCUT2D eigenvalue weighted by Crippen LogP contribution is -2.35. The molecule has 6 amide bonds. The Morgan fingerprint density at radius 1 is 0.457 bits per heavy atom. The molecule has 3 aliphatic rings. The fourth-order valence-corrected chi connectivity index (χ4v) is 4.66. The molecule has 3 heterocycles. The highest BCUT2D eigenvalue weighted by molar-refractivity contribution is 6.04. The minimum Gasteiger partial charge on any atom is -0.504 e. The Balaban J connectivity index is 1.72. The van der Waals surface area contributed by atoms with E-state index in [0.717, 1.165) is 12.1 Å². The Kier molecular flexibility index (Phi) is 13.0. The summed E-state index contributed by atoms with van der Waals surface area (Å²) in [5, 5.41) is 51.5. The van der Waals surface area contributed by atoms with Gasteiger partial charge in [0.1, 0.15) is 0 Å². The van der Waals surface area contributed by atoms with E-state index in [4.69, 9.17) is 0 Å². The van der Waals surface area contributed by atoms with Gasteiger partial charge in [-0.25, -0.2) is 0 Å². The summed E-state index contributed by atoms with van der Waals surface area (Å²) in [5.41, 5.74) is -1.18. The van der Waals surface area contributed by atoms with Gasteiger partial charge in [0, 0.05) is 52.4 Å². The Morgan fingerprint density at radius 3 is 1.00 bits per heavy atom. The topological polar surface area (TPSA) is 238 Å². The first-order valence-corrected chi connectivity index (χ1v) is 14.7. The highest BCUT2D eigenvalue weighted by Crippen LogP contribution is 2.33. The van der Waals surface area contributed by atoms with Crippen LogP contribution in [0, 0.1) is 0 Å². The number of nitrogens with zero attached hydrogens (tertiary/aromatic N) is 2. The van der Waals surface area contributed by atoms with Gasteiger partial charge in [0.15, 0.2) is 23.0 Å². The number of carbonyl (C=O) groups is 6. The van der Waals surface area contributed by atoms with Crippen LogP contribution in [0.1, 0.15) is 67.1 Å². The molecule has 16 heteroatoms. The third-order valence-corrected chi connectivity index (χ3v) is 7.23. The molecule has 0 saturated carbocycles. The van der Waals surface area contributed by atoms with E-state index in [1.807, 2.05) is 0 Å². The van der Waals surface area contributed by atoms with Crippen molar-refractivity contribution in [3.8, 4) is 23.0 Å². The second-order valence-electron chi connectivity index (χ2n) is 10.4. The second kappa shape index (κ2) is 17.1. The molecular formula is C30H38N6O10. The molecule has 3 aliphatic heterocycles. The molecule has 0 aliphatic carbocycles. The fourth-order valence-electron chi connectivity index (χ4n) is 4.66. The Labute approximate surface area is 264 Å². The van der Waals surface area contributed by atoms with Crippen molar-refractivity contribution in [2.24, 2.45) is 0 Å². The molecule has 0 saturated heterocycles. The Morgan fingerprint density at radius 2 is 0.717 bits per heavy atom. The molecule has 0 spiro atoms. The lowest BCUT2D eigenvalue weighted by atomic mass is 10.1. The molecule has 46 heavy (non-hydrogen) atoms. The molecule has 0 radical (unpaired) electrons. The summed E-state index contributed by atoms with van der Waals surface area (Å²) in [5.74, 6) is -6.26. The maximum Gasteiger partial charge on any atom is 0.255 e. The summed E-state index contributed by atoms with van der Waals surface area (Å²) in [4.78, 5) is 76.3. The number of benzene rings is 2. The average molecular weight is 643 g/mol. The predicted molar refractivity (Wildman–Crippen MR) is 163 cm³/mol. The van der Waals surface area contributed by atoms with Crippen LogP contribution in [0.15, 0.2) is 24.3 Å². The molecule has 0 fully saturated rings. The highest BCUT2D eigenvalue weighted by atomic mass is 16.3. The summed E-state index contributed by atoms with van der Waals surface area (Å²) in [6.07, 6.45) is 3.41. The van der Waals surface area contributed by atoms with Crippen LogP contribution in [0.5, 0.6) is 23.0 Å². The van der Waals surface area contributed by atoms with E-state index in [1.54, 1.807) is 0 Å². The quantitative estimate of drug-likeness (QED) is 0.156. The molecule has 5 rings (SSSR count). The number of carbonyl (C=O) groups excluding carboxylic acids is 6. The number of aromatic hydroxyl groups is 4. The van der Waals surface area contributed by atoms with Gasteiger partial charge in [0.05, 0.1) is 22.3 Å². The third-order valence-electron chi connectivity index (χ3n) is 7.23. The van der Waals surface area contributed by atoms with E-state index in [9.17, 15) is 49.2 Å². The van der Waals surface area contributed by atoms with E-state index in [0.29, 0.717) is 64.7 Å². The van der Waals surface area contributed by atoms with Crippen LogP contribution < -0.4 is 21.3 Å². The van der Waals surface area contributed by atoms with Crippen LogP contribution in [-0.4, -0.2) is 119 Å². The zero-order chi connectivity index (χ0) is 33.6. The van der Waals surface area contributed by atoms with Crippen molar-refractivity contribution in [3.05, 3.63) is 46.5 Å². The number of rotatable bonds is 2. The number of phenols is 4. The summed E-state index contributed by atoms with van der Waals surface area (Å²) in [7, 11) is 0. The van der Waals surface area contributed by atoms with Crippen LogP contribution in [0.3, 0.4) is 0 Å². The monoisotopic (exact) mass is 642 g/mol. The fraction of sp³-hybridized carbons (Fsp3) is 0.400. The van der Waals surface area contributed by atoms with Crippen molar-refractivity contribution in [1.29, 1.82) is 0 Å². The molecule has 0 unspecified atom stereocenters. The molecule has 16 nitrogen and oxygen atoms in total. The maximum absolute atomic E-state index is 12.6. The average Bonchev–Trinajstić information content (AvgIpc) is 3.04. The molecule has 2 aromatic carbocycles. The van der Waals surface area contributed by atoms with Crippen molar-refractivity contribution < 1.29 is 49.2 Å². The van der Waals surface area contributed by atoms with Gasteiger partial charge in [-0.1, -0.05) is 0 Å². The normalized spacial score (nSPS) is 17.0. The third kappa shape index (κ3) is 9.23. The number of phenolic OH excluding ortho intramolecular Hbond substituents is 4. The zero-order valence-corrected chi connectivity index (χ0v) is 25.1. The number of hydrogen-bond donors (Lipinski definition) is 8. The van der Waals surface area contributed by atoms with E-state index < -0.39 is 46.6 Å². The highest BCUT2D eigenvalue weighted by Gasteiger charge is 2.23. The largest absolute Gasteiger partial charge is 0.504 e. The first-order chi connectivity index (χ1) is 22.1. The van der Waals surface area contributed by atoms with E-state index in [2.05, 4.69) is 21.3 Å². The Hall–Kier alpha value is -5.54. The Bertz CT molecular complexity index is 1340. The SMILES string of the molecule is O=CN1CCCCN(C=O)CCCNC(=O)c2ccc(c(O)c2O)C(=O)NCCNC(=O)c2ccc(c(O)c2O)C(=O)NCCC1. The second-order valence-corrected chi connectivity index (χ2v) is 10.4. The summed E-state index contributed by atoms with van der Waals surface area (Å²) in [6, 6.07) is 4.63. The van der Waals surface area contributed by atoms with Crippen molar-refractivity contribution in [2.45, 2.75) is 25.7 Å². The summed E-state index contributed by atoms with van der Waals surface area (Å²) >= 11 is 0. The van der Waals surface area contributed by atoms with Gasteiger partial charge in [0.2, 0.25) is 12.8 Å². The van der Waals surface area contributed by atoms with E-state index in [1.165, 1.54) is 21.9 Å². The number of nitrogens with one attached hydrogen (secondary N) is 4. The predicted octanol–water partition coefficient (Wildman–Crippen LogP) is -0.381. The van der Waals surface area contributed by atoms with Crippen molar-refractivity contribution in [3.63, 3.8) is 0 Å². The molecule has 4 bridgehead atoms. The first kappa shape index (κ1) is 34.9. The lowest BCUT2D eigenvalue weighted by molar-refractivity contribution is -0.119. The first-order valence-electron chi connectivity index (χ1n) is 14.7. The van der Waals surface area contributed by atoms with Crippen molar-refractivity contribution in [2.75, 3.05) is 52.4 Å². The minimum atomic E-state index is -0.821. The molecule has 0 aromatic heterocycles. The standard InChI is InChI=1S/C30H38N6O10/c37-17-35-13-1-2-14-36(18-38)16-4-10-32-28(44)20-6-8-22(26(42)24(20)40)30(46)34-12-11-33-29(45)21-7-5-19(23(39)25(21)41)27(43)31-9-3-15-35/h5-8,17-18,39-42H,1-4,9-16H2,(H,31,43)(H,32,44)(H,33,45)(H,34,46). The number of hydrogen-bond acceptors (Lipinski definition) is 10. The van der Waals surface area contributed by atoms with Crippen molar-refractivity contribution >= 4 is 36.4 Å². The molecule has 8 N–H and O–H groups in total. The van der Waals surface area contributed by atoms with Crippen molar-refractivity contribution in [1.82, 2.24) is 31.1 Å². The van der Waals surface area contributed by atoms with Crippen LogP contribution in [0.2, 0.25) is 0 Å². The smallest absolute Gasteiger partial charge is 0.255 e. The van der Waals surface area contributed by atoms with Crippen LogP contribution in [0.25, 0.3) is 0 Å². The molecule has 248 valence electrons. The van der Waals surface area contributed by atoms with Gasteiger partial charge in [-0.3, -0.25) is 28.8 Å². The molecule has 0 atom stereocenters. The van der Waals surface area contributed by atoms with Gasteiger partial charge < -0.3 is 51.5 Å². The van der Waals surface area contributed by atoms with Crippen LogP contribution >= 0.6 is 0 Å². The van der Waals surface area contributed by atoms with Crippen LogP contribution in [-0.2, 0) is 9.59 Å². The summed E-state index contributed by atoms with van der Waals surface area (Å²) in [6.45, 7) is 1.58. The lowest BCUT2D eigenvalue weighted by Gasteiger charge is -2.20. The van der Waals surface area contributed by atoms with Gasteiger partial charge in [-0.2, -0.15) is 0 Å². The summed E-state index contributed by atoms with van der Waals surface area (Å²) < 4.78 is 0. The van der Waals surface area contributed by atoms with Gasteiger partial charge in [-0.05, 0) is 49.9 Å². The van der Waals surface area contributed by atoms with Crippen LogP contribution in [0.4, 0.5) is 0 Å². The number of fused-ring (bicyclic) bond motifs is 2. The maximum atomic E-state index is 12.6. The number of amides is 6. The minimum absolute atomic E-state index is 0.139. The zero-order valence-electron chi connectivity index (χ0n) is 25.1. The molecule has 2 aromatic rings. The van der Waals surface area contributed by atoms with E-state index in [-0.39, 0.29) is 48.4 Å².